The fourth-order valence-electron chi connectivity index (χ4n) is 1.60. The van der Waals surface area contributed by atoms with E-state index in [4.69, 9.17) is 5.11 Å². The summed E-state index contributed by atoms with van der Waals surface area (Å²) < 4.78 is 14.8. The van der Waals surface area contributed by atoms with E-state index in [-0.39, 0.29) is 17.0 Å². The van der Waals surface area contributed by atoms with Gasteiger partial charge < -0.3 is 15.3 Å². The van der Waals surface area contributed by atoms with Crippen LogP contribution in [-0.4, -0.2) is 31.1 Å². The zero-order chi connectivity index (χ0) is 13.4. The van der Waals surface area contributed by atoms with Gasteiger partial charge in [-0.05, 0) is 18.2 Å². The molecule has 1 aromatic carbocycles. The number of halogens is 1. The van der Waals surface area contributed by atoms with Crippen LogP contribution in [0.4, 0.5) is 4.39 Å². The molecule has 94 valence electrons. The fourth-order valence-corrected chi connectivity index (χ4v) is 1.60. The van der Waals surface area contributed by atoms with Gasteiger partial charge in [0.15, 0.2) is 17.2 Å². The third-order valence-corrected chi connectivity index (χ3v) is 2.46. The van der Waals surface area contributed by atoms with Gasteiger partial charge in [-0.2, -0.15) is 5.10 Å². The van der Waals surface area contributed by atoms with Gasteiger partial charge in [0.1, 0.15) is 5.82 Å². The minimum atomic E-state index is -1.27. The maximum absolute atomic E-state index is 13.6. The van der Waals surface area contributed by atoms with E-state index >= 15 is 0 Å². The third-order valence-electron chi connectivity index (χ3n) is 2.46. The molecular formula is C11H9FN2O4. The Morgan fingerprint density at radius 2 is 2.06 bits per heavy atom. The van der Waals surface area contributed by atoms with E-state index in [9.17, 15) is 19.4 Å². The van der Waals surface area contributed by atoms with E-state index in [0.29, 0.717) is 0 Å². The molecular weight excluding hydrogens is 243 g/mol. The molecule has 7 heteroatoms. The first-order chi connectivity index (χ1) is 8.41. The minimum Gasteiger partial charge on any atom is -0.504 e. The number of carboxylic acids is 1. The number of phenolic OH excluding ortho intramolecular Hbond substituents is 2. The lowest BCUT2D eigenvalue weighted by Gasteiger charge is -2.07. The van der Waals surface area contributed by atoms with E-state index in [0.717, 1.165) is 22.9 Å². The van der Waals surface area contributed by atoms with Crippen LogP contribution in [0.25, 0.3) is 11.3 Å². The number of aromatic nitrogens is 2. The fraction of sp³-hybridized carbons (Fsp3) is 0.0909. The highest BCUT2D eigenvalue weighted by atomic mass is 19.1. The minimum absolute atomic E-state index is 0.0540. The summed E-state index contributed by atoms with van der Waals surface area (Å²) in [7, 11) is 1.41. The molecule has 3 N–H and O–H groups in total. The highest BCUT2D eigenvalue weighted by molar-refractivity contribution is 5.87. The highest BCUT2D eigenvalue weighted by Crippen LogP contribution is 2.38. The molecule has 2 aromatic rings. The number of aryl methyl sites for hydroxylation is 1. The molecule has 2 rings (SSSR count). The van der Waals surface area contributed by atoms with Crippen LogP contribution >= 0.6 is 0 Å². The summed E-state index contributed by atoms with van der Waals surface area (Å²) in [5.41, 5.74) is -0.523. The lowest BCUT2D eigenvalue weighted by atomic mass is 10.1. The summed E-state index contributed by atoms with van der Waals surface area (Å²) in [5, 5.41) is 31.4. The standard InChI is InChI=1S/C11H9FN2O4/c1-14-7(4-6(13-14)11(17)18)9-5(12)2-3-8(15)10(9)16/h2-4,15-16H,1H3,(H,17,18). The molecule has 0 radical (unpaired) electrons. The topological polar surface area (TPSA) is 95.6 Å². The molecule has 0 saturated carbocycles. The molecule has 0 aliphatic rings. The van der Waals surface area contributed by atoms with E-state index < -0.39 is 23.3 Å². The molecule has 0 aliphatic heterocycles. The van der Waals surface area contributed by atoms with Crippen molar-refractivity contribution in [2.24, 2.45) is 7.05 Å². The average molecular weight is 252 g/mol. The Labute approximate surface area is 101 Å². The van der Waals surface area contributed by atoms with Crippen molar-refractivity contribution in [3.63, 3.8) is 0 Å². The monoisotopic (exact) mass is 252 g/mol. The summed E-state index contributed by atoms with van der Waals surface area (Å²) in [4.78, 5) is 10.8. The lowest BCUT2D eigenvalue weighted by molar-refractivity contribution is 0.0689. The number of hydrogen-bond acceptors (Lipinski definition) is 4. The van der Waals surface area contributed by atoms with Crippen LogP contribution < -0.4 is 0 Å². The number of benzene rings is 1. The quantitative estimate of drug-likeness (QED) is 0.701. The first-order valence-electron chi connectivity index (χ1n) is 4.90. The zero-order valence-electron chi connectivity index (χ0n) is 9.25. The van der Waals surface area contributed by atoms with Gasteiger partial charge in [0.05, 0.1) is 11.3 Å². The predicted molar refractivity (Wildman–Crippen MR) is 58.9 cm³/mol. The van der Waals surface area contributed by atoms with Gasteiger partial charge in [-0.15, -0.1) is 0 Å². The number of aromatic carboxylic acids is 1. The zero-order valence-corrected chi connectivity index (χ0v) is 9.25. The molecule has 0 fully saturated rings. The van der Waals surface area contributed by atoms with Gasteiger partial charge in [0.2, 0.25) is 0 Å². The van der Waals surface area contributed by atoms with Gasteiger partial charge in [0.25, 0.3) is 0 Å². The number of carbonyl (C=O) groups is 1. The smallest absolute Gasteiger partial charge is 0.356 e. The van der Waals surface area contributed by atoms with E-state index in [1.807, 2.05) is 0 Å². The van der Waals surface area contributed by atoms with Gasteiger partial charge in [-0.25, -0.2) is 9.18 Å². The summed E-state index contributed by atoms with van der Waals surface area (Å²) in [6.45, 7) is 0. The molecule has 18 heavy (non-hydrogen) atoms. The van der Waals surface area contributed by atoms with Crippen molar-refractivity contribution in [3.8, 4) is 22.8 Å². The van der Waals surface area contributed by atoms with Crippen LogP contribution in [0.3, 0.4) is 0 Å². The summed E-state index contributed by atoms with van der Waals surface area (Å²) in [6, 6.07) is 3.08. The van der Waals surface area contributed by atoms with Crippen molar-refractivity contribution in [1.82, 2.24) is 9.78 Å². The molecule has 0 spiro atoms. The first-order valence-corrected chi connectivity index (χ1v) is 4.90. The maximum atomic E-state index is 13.6. The number of hydrogen-bond donors (Lipinski definition) is 3. The largest absolute Gasteiger partial charge is 0.504 e. The Morgan fingerprint density at radius 3 is 2.61 bits per heavy atom. The summed E-state index contributed by atoms with van der Waals surface area (Å²) in [5.74, 6) is -3.21. The molecule has 0 atom stereocenters. The molecule has 1 heterocycles. The van der Waals surface area contributed by atoms with E-state index in [1.54, 1.807) is 0 Å². The van der Waals surface area contributed by atoms with Crippen molar-refractivity contribution in [2.45, 2.75) is 0 Å². The van der Waals surface area contributed by atoms with Crippen molar-refractivity contribution >= 4 is 5.97 Å². The van der Waals surface area contributed by atoms with E-state index in [1.165, 1.54) is 7.05 Å². The van der Waals surface area contributed by atoms with Crippen molar-refractivity contribution in [1.29, 1.82) is 0 Å². The molecule has 6 nitrogen and oxygen atoms in total. The Kier molecular flexibility index (Phi) is 2.66. The van der Waals surface area contributed by atoms with Crippen LogP contribution in [0.1, 0.15) is 10.5 Å². The molecule has 0 unspecified atom stereocenters. The van der Waals surface area contributed by atoms with Crippen LogP contribution in [0.15, 0.2) is 18.2 Å². The van der Waals surface area contributed by atoms with E-state index in [2.05, 4.69) is 5.10 Å². The van der Waals surface area contributed by atoms with Crippen molar-refractivity contribution in [2.75, 3.05) is 0 Å². The Bertz CT molecular complexity index is 636. The Balaban J connectivity index is 2.69. The lowest BCUT2D eigenvalue weighted by Crippen LogP contribution is -1.99. The van der Waals surface area contributed by atoms with Crippen LogP contribution in [0.2, 0.25) is 0 Å². The second kappa shape index (κ2) is 4.02. The second-order valence-electron chi connectivity index (χ2n) is 3.63. The van der Waals surface area contributed by atoms with Gasteiger partial charge in [-0.1, -0.05) is 0 Å². The number of rotatable bonds is 2. The SMILES string of the molecule is Cn1nc(C(=O)O)cc1-c1c(F)ccc(O)c1O. The van der Waals surface area contributed by atoms with Gasteiger partial charge in [0, 0.05) is 7.05 Å². The van der Waals surface area contributed by atoms with Crippen LogP contribution in [0.5, 0.6) is 11.5 Å². The maximum Gasteiger partial charge on any atom is 0.356 e. The third kappa shape index (κ3) is 1.75. The first kappa shape index (κ1) is 11.9. The molecule has 0 saturated heterocycles. The number of carboxylic acid groups (broad SMARTS) is 1. The number of nitrogens with zero attached hydrogens (tertiary/aromatic N) is 2. The van der Waals surface area contributed by atoms with Crippen molar-refractivity contribution < 1.29 is 24.5 Å². The number of aromatic hydroxyl groups is 2. The Morgan fingerprint density at radius 1 is 1.39 bits per heavy atom. The average Bonchev–Trinajstić information content (AvgIpc) is 2.67. The molecule has 1 aromatic heterocycles. The summed E-state index contributed by atoms with van der Waals surface area (Å²) in [6.07, 6.45) is 0. The molecule has 0 bridgehead atoms. The van der Waals surface area contributed by atoms with Crippen LogP contribution in [-0.2, 0) is 7.05 Å². The highest BCUT2D eigenvalue weighted by Gasteiger charge is 2.20. The summed E-state index contributed by atoms with van der Waals surface area (Å²) >= 11 is 0. The Hall–Kier alpha value is -2.57. The van der Waals surface area contributed by atoms with Gasteiger partial charge in [-0.3, -0.25) is 4.68 Å². The van der Waals surface area contributed by atoms with Crippen molar-refractivity contribution in [3.05, 3.63) is 29.7 Å². The number of phenols is 2. The predicted octanol–water partition coefficient (Wildman–Crippen LogP) is 1.34. The normalized spacial score (nSPS) is 10.6. The van der Waals surface area contributed by atoms with Crippen LogP contribution in [0, 0.1) is 5.82 Å². The molecule has 0 amide bonds. The molecule has 0 aliphatic carbocycles. The second-order valence-corrected chi connectivity index (χ2v) is 3.63. The van der Waals surface area contributed by atoms with Gasteiger partial charge >= 0.3 is 5.97 Å².